The maximum Gasteiger partial charge on any atom is 0.255 e. The highest BCUT2D eigenvalue weighted by Crippen LogP contribution is 2.27. The number of ether oxygens (including phenoxy) is 1. The number of H-pyrrole nitrogens is 1. The number of aromatic amines is 1. The molecule has 0 aliphatic rings. The van der Waals surface area contributed by atoms with E-state index in [9.17, 15) is 4.39 Å². The summed E-state index contributed by atoms with van der Waals surface area (Å²) in [6.07, 6.45) is 4.91. The fourth-order valence-corrected chi connectivity index (χ4v) is 2.79. The second-order valence-electron chi connectivity index (χ2n) is 6.47. The highest BCUT2D eigenvalue weighted by atomic mass is 19.1. The van der Waals surface area contributed by atoms with Crippen LogP contribution in [0.5, 0.6) is 11.6 Å². The molecule has 0 amide bonds. The van der Waals surface area contributed by atoms with Crippen molar-refractivity contribution in [2.24, 2.45) is 5.73 Å². The van der Waals surface area contributed by atoms with Gasteiger partial charge in [0.05, 0.1) is 24.5 Å². The quantitative estimate of drug-likeness (QED) is 0.444. The number of nitrogens with one attached hydrogen (secondary N) is 1. The van der Waals surface area contributed by atoms with Crippen molar-refractivity contribution in [1.82, 2.24) is 25.0 Å². The molecule has 4 rings (SSSR count). The first-order valence-corrected chi connectivity index (χ1v) is 8.96. The lowest BCUT2D eigenvalue weighted by Gasteiger charge is -2.08. The Balaban J connectivity index is 1.46. The fourth-order valence-electron chi connectivity index (χ4n) is 2.79. The molecule has 8 nitrogen and oxygen atoms in total. The predicted molar refractivity (Wildman–Crippen MR) is 105 cm³/mol. The van der Waals surface area contributed by atoms with Crippen molar-refractivity contribution in [2.75, 3.05) is 6.61 Å². The first kappa shape index (κ1) is 18.8. The molecule has 0 fully saturated rings. The number of nitrogens with two attached hydrogens (primary N) is 1. The number of halogens is 1. The van der Waals surface area contributed by atoms with Crippen LogP contribution in [0.4, 0.5) is 4.39 Å². The summed E-state index contributed by atoms with van der Waals surface area (Å²) in [4.78, 5) is 4.06. The van der Waals surface area contributed by atoms with Gasteiger partial charge < -0.3 is 15.6 Å². The van der Waals surface area contributed by atoms with Crippen LogP contribution >= 0.6 is 0 Å². The molecule has 0 aliphatic carbocycles. The Bertz CT molecular complexity index is 1080. The number of rotatable bonds is 7. The topological polar surface area (TPSA) is 115 Å². The number of aliphatic hydroxyl groups excluding tert-OH is 1. The van der Waals surface area contributed by atoms with Crippen LogP contribution in [-0.2, 0) is 6.54 Å². The number of benzene rings is 1. The Morgan fingerprint density at radius 2 is 2.00 bits per heavy atom. The van der Waals surface area contributed by atoms with E-state index in [2.05, 4.69) is 20.3 Å². The maximum atomic E-state index is 14.3. The summed E-state index contributed by atoms with van der Waals surface area (Å²) in [5.41, 5.74) is 8.61. The molecule has 4 N–H and O–H groups in total. The summed E-state index contributed by atoms with van der Waals surface area (Å²) in [5, 5.41) is 20.1. The molecule has 3 aromatic heterocycles. The molecular weight excluding hydrogens is 375 g/mol. The minimum atomic E-state index is -0.569. The number of pyridine rings is 1. The van der Waals surface area contributed by atoms with Crippen LogP contribution in [0.2, 0.25) is 0 Å². The van der Waals surface area contributed by atoms with Crippen molar-refractivity contribution in [1.29, 1.82) is 0 Å². The minimum absolute atomic E-state index is 0.102. The van der Waals surface area contributed by atoms with Gasteiger partial charge >= 0.3 is 0 Å². The van der Waals surface area contributed by atoms with Gasteiger partial charge in [0.2, 0.25) is 0 Å². The summed E-state index contributed by atoms with van der Waals surface area (Å²) >= 11 is 0. The SMILES string of the molecule is NC(CO)Cn1ccc(-c2ccc(Oc3ncc(-c4ccn[nH]4)cc3F)cc2)n1. The Labute approximate surface area is 165 Å². The molecule has 0 bridgehead atoms. The predicted octanol–water partition coefficient (Wildman–Crippen LogP) is 2.59. The average Bonchev–Trinajstić information content (AvgIpc) is 3.42. The van der Waals surface area contributed by atoms with Gasteiger partial charge in [-0.05, 0) is 42.5 Å². The van der Waals surface area contributed by atoms with Crippen molar-refractivity contribution >= 4 is 0 Å². The van der Waals surface area contributed by atoms with Gasteiger partial charge in [0.15, 0.2) is 5.82 Å². The average molecular weight is 394 g/mol. The number of hydrogen-bond donors (Lipinski definition) is 3. The highest BCUT2D eigenvalue weighted by Gasteiger charge is 2.11. The molecule has 9 heteroatoms. The molecule has 0 saturated heterocycles. The van der Waals surface area contributed by atoms with Crippen molar-refractivity contribution in [2.45, 2.75) is 12.6 Å². The fraction of sp³-hybridized carbons (Fsp3) is 0.150. The smallest absolute Gasteiger partial charge is 0.255 e. The molecule has 3 heterocycles. The molecule has 1 atom stereocenters. The van der Waals surface area contributed by atoms with E-state index in [1.807, 2.05) is 18.2 Å². The molecule has 0 saturated carbocycles. The van der Waals surface area contributed by atoms with E-state index in [1.54, 1.807) is 35.3 Å². The third-order valence-corrected chi connectivity index (χ3v) is 4.28. The van der Waals surface area contributed by atoms with Crippen LogP contribution < -0.4 is 10.5 Å². The molecule has 148 valence electrons. The van der Waals surface area contributed by atoms with Gasteiger partial charge in [0.1, 0.15) is 5.75 Å². The lowest BCUT2D eigenvalue weighted by Crippen LogP contribution is -2.30. The van der Waals surface area contributed by atoms with Crippen LogP contribution in [-0.4, -0.2) is 42.7 Å². The number of aliphatic hydroxyl groups is 1. The second kappa shape index (κ2) is 8.21. The zero-order chi connectivity index (χ0) is 20.2. The van der Waals surface area contributed by atoms with Crippen LogP contribution in [0.15, 0.2) is 61.1 Å². The highest BCUT2D eigenvalue weighted by molar-refractivity contribution is 5.60. The molecule has 4 aromatic rings. The van der Waals surface area contributed by atoms with Gasteiger partial charge in [0, 0.05) is 35.8 Å². The van der Waals surface area contributed by atoms with E-state index >= 15 is 0 Å². The number of hydrogen-bond acceptors (Lipinski definition) is 6. The summed E-state index contributed by atoms with van der Waals surface area (Å²) in [6, 6.07) is 11.7. The Morgan fingerprint density at radius 3 is 2.69 bits per heavy atom. The third-order valence-electron chi connectivity index (χ3n) is 4.28. The van der Waals surface area contributed by atoms with E-state index in [4.69, 9.17) is 15.6 Å². The minimum Gasteiger partial charge on any atom is -0.436 e. The molecule has 1 aromatic carbocycles. The van der Waals surface area contributed by atoms with Crippen LogP contribution in [0, 0.1) is 5.82 Å². The Kier molecular flexibility index (Phi) is 5.32. The molecule has 1 unspecified atom stereocenters. The van der Waals surface area contributed by atoms with Crippen molar-refractivity contribution in [3.05, 3.63) is 66.9 Å². The van der Waals surface area contributed by atoms with Gasteiger partial charge in [-0.3, -0.25) is 9.78 Å². The van der Waals surface area contributed by atoms with Gasteiger partial charge in [-0.15, -0.1) is 0 Å². The van der Waals surface area contributed by atoms with Crippen molar-refractivity contribution in [3.8, 4) is 34.1 Å². The van der Waals surface area contributed by atoms with Gasteiger partial charge in [-0.25, -0.2) is 9.37 Å². The van der Waals surface area contributed by atoms with E-state index in [0.29, 0.717) is 23.6 Å². The monoisotopic (exact) mass is 394 g/mol. The number of aromatic nitrogens is 5. The van der Waals surface area contributed by atoms with E-state index in [0.717, 1.165) is 11.3 Å². The zero-order valence-corrected chi connectivity index (χ0v) is 15.4. The van der Waals surface area contributed by atoms with Gasteiger partial charge in [-0.2, -0.15) is 10.2 Å². The van der Waals surface area contributed by atoms with Gasteiger partial charge in [-0.1, -0.05) is 0 Å². The first-order valence-electron chi connectivity index (χ1n) is 8.96. The number of nitrogens with zero attached hydrogens (tertiary/aromatic N) is 4. The Hall–Kier alpha value is -3.56. The molecule has 29 heavy (non-hydrogen) atoms. The summed E-state index contributed by atoms with van der Waals surface area (Å²) < 4.78 is 21.6. The Morgan fingerprint density at radius 1 is 1.17 bits per heavy atom. The third kappa shape index (κ3) is 4.31. The summed E-state index contributed by atoms with van der Waals surface area (Å²) in [6.45, 7) is 0.325. The van der Waals surface area contributed by atoms with Crippen LogP contribution in [0.25, 0.3) is 22.5 Å². The van der Waals surface area contributed by atoms with Crippen molar-refractivity contribution in [3.63, 3.8) is 0 Å². The van der Waals surface area contributed by atoms with Crippen molar-refractivity contribution < 1.29 is 14.2 Å². The standard InChI is InChI=1S/C20H19FN6O2/c21-17-9-14(18-5-7-24-25-18)10-23-20(17)29-16-3-1-13(2-4-16)19-6-8-27(26-19)11-15(22)12-28/h1-10,15,28H,11-12,22H2,(H,24,25). The van der Waals surface area contributed by atoms with E-state index in [-0.39, 0.29) is 18.5 Å². The molecule has 0 aliphatic heterocycles. The second-order valence-corrected chi connectivity index (χ2v) is 6.47. The molecular formula is C20H19FN6O2. The van der Waals surface area contributed by atoms with E-state index in [1.165, 1.54) is 12.3 Å². The lowest BCUT2D eigenvalue weighted by molar-refractivity contribution is 0.251. The largest absolute Gasteiger partial charge is 0.436 e. The molecule has 0 spiro atoms. The summed E-state index contributed by atoms with van der Waals surface area (Å²) in [5.74, 6) is -0.223. The van der Waals surface area contributed by atoms with E-state index < -0.39 is 5.82 Å². The first-order chi connectivity index (χ1) is 14.1. The lowest BCUT2D eigenvalue weighted by atomic mass is 10.1. The van der Waals surface area contributed by atoms with Gasteiger partial charge in [0.25, 0.3) is 5.88 Å². The molecule has 0 radical (unpaired) electrons. The van der Waals surface area contributed by atoms with Crippen LogP contribution in [0.1, 0.15) is 0 Å². The normalized spacial score (nSPS) is 12.1. The van der Waals surface area contributed by atoms with Crippen LogP contribution in [0.3, 0.4) is 0 Å². The zero-order valence-electron chi connectivity index (χ0n) is 15.4. The maximum absolute atomic E-state index is 14.3. The summed E-state index contributed by atoms with van der Waals surface area (Å²) in [7, 11) is 0.